The summed E-state index contributed by atoms with van der Waals surface area (Å²) in [6.07, 6.45) is 2.57. The zero-order valence-electron chi connectivity index (χ0n) is 15.2. The highest BCUT2D eigenvalue weighted by Crippen LogP contribution is 2.27. The zero-order chi connectivity index (χ0) is 21.3. The topological polar surface area (TPSA) is 77.0 Å². The fourth-order valence-corrected chi connectivity index (χ4v) is 3.88. The van der Waals surface area contributed by atoms with Crippen molar-refractivity contribution in [2.45, 2.75) is 6.17 Å². The van der Waals surface area contributed by atoms with Gasteiger partial charge in [-0.25, -0.2) is 8.78 Å². The minimum Gasteiger partial charge on any atom is -0.323 e. The van der Waals surface area contributed by atoms with Gasteiger partial charge in [0.1, 0.15) is 11.6 Å². The van der Waals surface area contributed by atoms with Crippen LogP contribution < -0.4 is 15.6 Å². The molecule has 11 heteroatoms. The second kappa shape index (κ2) is 8.44. The number of hydrazone groups is 1. The van der Waals surface area contributed by atoms with Crippen LogP contribution in [0, 0.1) is 11.6 Å². The smallest absolute Gasteiger partial charge is 0.276 e. The normalized spacial score (nSPS) is 17.5. The first-order valence-electron chi connectivity index (χ1n) is 8.68. The molecule has 154 valence electrons. The molecule has 7 nitrogen and oxygen atoms in total. The number of amidine groups is 1. The fourth-order valence-electron chi connectivity index (χ4n) is 2.85. The summed E-state index contributed by atoms with van der Waals surface area (Å²) in [6, 6.07) is 10.1. The van der Waals surface area contributed by atoms with Gasteiger partial charge in [-0.2, -0.15) is 5.10 Å². The van der Waals surface area contributed by atoms with Crippen LogP contribution in [0.25, 0.3) is 0 Å². The van der Waals surface area contributed by atoms with Crippen LogP contribution in [0.3, 0.4) is 0 Å². The Morgan fingerprint density at radius 3 is 2.73 bits per heavy atom. The Kier molecular flexibility index (Phi) is 5.73. The number of nitrogens with one attached hydrogen (secondary N) is 2. The molecule has 2 heterocycles. The maximum Gasteiger partial charge on any atom is 0.276 e. The van der Waals surface area contributed by atoms with Crippen molar-refractivity contribution in [3.8, 4) is 0 Å². The van der Waals surface area contributed by atoms with Crippen molar-refractivity contribution in [3.05, 3.63) is 71.0 Å². The molecule has 2 N–H and O–H groups in total. The summed E-state index contributed by atoms with van der Waals surface area (Å²) in [4.78, 5) is 28.0. The van der Waals surface area contributed by atoms with Crippen molar-refractivity contribution in [1.82, 2.24) is 10.3 Å². The third-order valence-electron chi connectivity index (χ3n) is 4.27. The first-order valence-corrected chi connectivity index (χ1v) is 10.5. The molecule has 0 aromatic heterocycles. The molecule has 0 bridgehead atoms. The lowest BCUT2D eigenvalue weighted by Gasteiger charge is -2.31. The number of anilines is 2. The van der Waals surface area contributed by atoms with E-state index in [4.69, 9.17) is 0 Å². The van der Waals surface area contributed by atoms with Crippen LogP contribution >= 0.6 is 27.7 Å². The second-order valence-electron chi connectivity index (χ2n) is 6.28. The predicted octanol–water partition coefficient (Wildman–Crippen LogP) is 3.42. The minimum absolute atomic E-state index is 0.0991. The average Bonchev–Trinajstić information content (AvgIpc) is 3.14. The standard InChI is InChI=1S/C19H14BrF2N5O2S/c20-11-1-4-13(5-2-11)26-7-8-27-17(18(26)29)24-25-19(27)30-10-16(28)23-15-9-12(21)3-6-14(15)22/h1-9,17,24H,10H2,(H,23,28). The molecule has 2 aliphatic rings. The number of halogens is 3. The van der Waals surface area contributed by atoms with Crippen LogP contribution in [0.5, 0.6) is 0 Å². The van der Waals surface area contributed by atoms with Gasteiger partial charge in [0.25, 0.3) is 5.91 Å². The zero-order valence-corrected chi connectivity index (χ0v) is 17.6. The summed E-state index contributed by atoms with van der Waals surface area (Å²) < 4.78 is 27.8. The summed E-state index contributed by atoms with van der Waals surface area (Å²) in [6.45, 7) is 0. The van der Waals surface area contributed by atoms with Gasteiger partial charge in [0.2, 0.25) is 12.1 Å². The van der Waals surface area contributed by atoms with Gasteiger partial charge in [-0.3, -0.25) is 24.8 Å². The molecule has 1 atom stereocenters. The van der Waals surface area contributed by atoms with E-state index in [0.29, 0.717) is 10.9 Å². The number of amides is 2. The molecule has 2 aliphatic heterocycles. The number of thioether (sulfide) groups is 1. The van der Waals surface area contributed by atoms with Crippen LogP contribution in [0.15, 0.2) is 64.4 Å². The molecule has 2 amide bonds. The van der Waals surface area contributed by atoms with E-state index in [0.717, 1.165) is 34.4 Å². The second-order valence-corrected chi connectivity index (χ2v) is 8.14. The molecule has 0 fully saturated rings. The van der Waals surface area contributed by atoms with Gasteiger partial charge < -0.3 is 5.32 Å². The van der Waals surface area contributed by atoms with Crippen molar-refractivity contribution in [2.75, 3.05) is 16.0 Å². The summed E-state index contributed by atoms with van der Waals surface area (Å²) >= 11 is 4.42. The lowest BCUT2D eigenvalue weighted by molar-refractivity contribution is -0.122. The van der Waals surface area contributed by atoms with Gasteiger partial charge in [0, 0.05) is 28.6 Å². The molecule has 0 saturated carbocycles. The highest BCUT2D eigenvalue weighted by molar-refractivity contribution is 9.10. The van der Waals surface area contributed by atoms with Crippen LogP contribution in [0.2, 0.25) is 0 Å². The van der Waals surface area contributed by atoms with E-state index in [1.165, 1.54) is 4.90 Å². The Morgan fingerprint density at radius 2 is 1.97 bits per heavy atom. The predicted molar refractivity (Wildman–Crippen MR) is 114 cm³/mol. The molecule has 2 aromatic rings. The number of carbonyl (C=O) groups is 2. The van der Waals surface area contributed by atoms with E-state index in [1.54, 1.807) is 17.3 Å². The molecule has 30 heavy (non-hydrogen) atoms. The van der Waals surface area contributed by atoms with E-state index in [9.17, 15) is 18.4 Å². The quantitative estimate of drug-likeness (QED) is 0.682. The Morgan fingerprint density at radius 1 is 1.20 bits per heavy atom. The number of nitrogens with zero attached hydrogens (tertiary/aromatic N) is 3. The van der Waals surface area contributed by atoms with E-state index >= 15 is 0 Å². The Bertz CT molecular complexity index is 1060. The first-order chi connectivity index (χ1) is 14.4. The van der Waals surface area contributed by atoms with Gasteiger partial charge >= 0.3 is 0 Å². The maximum atomic E-state index is 13.7. The molecular formula is C19H14BrF2N5O2S. The van der Waals surface area contributed by atoms with Gasteiger partial charge in [-0.1, -0.05) is 27.7 Å². The molecule has 0 spiro atoms. The van der Waals surface area contributed by atoms with Crippen molar-refractivity contribution < 1.29 is 18.4 Å². The Labute approximate surface area is 182 Å². The lowest BCUT2D eigenvalue weighted by atomic mass is 10.2. The number of hydrogen-bond acceptors (Lipinski definition) is 6. The summed E-state index contributed by atoms with van der Waals surface area (Å²) in [7, 11) is 0. The van der Waals surface area contributed by atoms with Gasteiger partial charge in [0.15, 0.2) is 5.17 Å². The molecule has 0 saturated heterocycles. The van der Waals surface area contributed by atoms with Crippen LogP contribution in [-0.2, 0) is 9.59 Å². The number of fused-ring (bicyclic) bond motifs is 1. The monoisotopic (exact) mass is 493 g/mol. The summed E-state index contributed by atoms with van der Waals surface area (Å²) in [5.41, 5.74) is 3.23. The van der Waals surface area contributed by atoms with Crippen LogP contribution in [0.1, 0.15) is 0 Å². The fraction of sp³-hybridized carbons (Fsp3) is 0.105. The highest BCUT2D eigenvalue weighted by atomic mass is 79.9. The Hall–Kier alpha value is -2.92. The number of carbonyl (C=O) groups excluding carboxylic acids is 2. The number of benzene rings is 2. The SMILES string of the molecule is O=C(CSC1=NNC2C(=O)N(c3ccc(Br)cc3)C=CN12)Nc1cc(F)ccc1F. The van der Waals surface area contributed by atoms with Gasteiger partial charge in [-0.15, -0.1) is 0 Å². The van der Waals surface area contributed by atoms with Crippen molar-refractivity contribution >= 4 is 56.0 Å². The van der Waals surface area contributed by atoms with Crippen LogP contribution in [-0.4, -0.2) is 33.8 Å². The number of hydrogen-bond donors (Lipinski definition) is 2. The van der Waals surface area contributed by atoms with E-state index < -0.39 is 23.7 Å². The molecule has 4 rings (SSSR count). The molecule has 1 unspecified atom stereocenters. The first kappa shape index (κ1) is 20.4. The van der Waals surface area contributed by atoms with E-state index in [2.05, 4.69) is 31.8 Å². The minimum atomic E-state index is -0.732. The highest BCUT2D eigenvalue weighted by Gasteiger charge is 2.38. The molecular weight excluding hydrogens is 480 g/mol. The number of rotatable bonds is 4. The van der Waals surface area contributed by atoms with E-state index in [-0.39, 0.29) is 17.3 Å². The Balaban J connectivity index is 1.38. The van der Waals surface area contributed by atoms with Crippen molar-refractivity contribution in [1.29, 1.82) is 0 Å². The maximum absolute atomic E-state index is 13.7. The lowest BCUT2D eigenvalue weighted by Crippen LogP contribution is -2.52. The van der Waals surface area contributed by atoms with Crippen molar-refractivity contribution in [2.24, 2.45) is 5.10 Å². The van der Waals surface area contributed by atoms with Crippen molar-refractivity contribution in [3.63, 3.8) is 0 Å². The van der Waals surface area contributed by atoms with Crippen LogP contribution in [0.4, 0.5) is 20.2 Å². The molecule has 2 aromatic carbocycles. The summed E-state index contributed by atoms with van der Waals surface area (Å²) in [5, 5.41) is 6.85. The third kappa shape index (κ3) is 4.17. The van der Waals surface area contributed by atoms with Gasteiger partial charge in [-0.05, 0) is 36.4 Å². The largest absolute Gasteiger partial charge is 0.323 e. The average molecular weight is 494 g/mol. The third-order valence-corrected chi connectivity index (χ3v) is 5.76. The molecule has 0 aliphatic carbocycles. The van der Waals surface area contributed by atoms with E-state index in [1.807, 2.05) is 24.3 Å². The summed E-state index contributed by atoms with van der Waals surface area (Å²) in [5.74, 6) is -2.24. The molecule has 0 radical (unpaired) electrons. The van der Waals surface area contributed by atoms with Gasteiger partial charge in [0.05, 0.1) is 11.4 Å².